The summed E-state index contributed by atoms with van der Waals surface area (Å²) in [7, 11) is 1.50. The van der Waals surface area contributed by atoms with Crippen molar-refractivity contribution >= 4 is 23.3 Å². The Hall–Kier alpha value is -2.83. The Morgan fingerprint density at radius 2 is 1.95 bits per heavy atom. The van der Waals surface area contributed by atoms with Crippen molar-refractivity contribution in [3.05, 3.63) is 36.1 Å². The molecule has 7 heteroatoms. The Morgan fingerprint density at radius 1 is 1.24 bits per heavy atom. The number of nitrogens with one attached hydrogen (secondary N) is 2. The Labute approximate surface area is 121 Å². The van der Waals surface area contributed by atoms with Gasteiger partial charge in [0.15, 0.2) is 5.82 Å². The van der Waals surface area contributed by atoms with Crippen LogP contribution in [0.25, 0.3) is 0 Å². The summed E-state index contributed by atoms with van der Waals surface area (Å²) in [6.45, 7) is 1.71. The summed E-state index contributed by atoms with van der Waals surface area (Å²) in [5, 5.41) is 8.70. The molecule has 2 aromatic rings. The summed E-state index contributed by atoms with van der Waals surface area (Å²) in [6.07, 6.45) is -0.329. The molecule has 0 spiro atoms. The summed E-state index contributed by atoms with van der Waals surface area (Å²) < 4.78 is 9.93. The number of anilines is 2. The number of para-hydroxylation sites is 2. The smallest absolute Gasteiger partial charge is 0.235 e. The van der Waals surface area contributed by atoms with Gasteiger partial charge in [0.1, 0.15) is 17.9 Å². The largest absolute Gasteiger partial charge is 0.495 e. The molecule has 1 aromatic heterocycles. The zero-order valence-electron chi connectivity index (χ0n) is 11.7. The molecule has 0 fully saturated rings. The van der Waals surface area contributed by atoms with Crippen LogP contribution in [0.2, 0.25) is 0 Å². The average molecular weight is 289 g/mol. The van der Waals surface area contributed by atoms with Gasteiger partial charge in [0.25, 0.3) is 0 Å². The van der Waals surface area contributed by atoms with Gasteiger partial charge in [0, 0.05) is 6.07 Å². The van der Waals surface area contributed by atoms with E-state index >= 15 is 0 Å². The van der Waals surface area contributed by atoms with E-state index in [1.807, 2.05) is 0 Å². The highest BCUT2D eigenvalue weighted by Crippen LogP contribution is 2.23. The van der Waals surface area contributed by atoms with E-state index < -0.39 is 11.8 Å². The molecule has 1 heterocycles. The van der Waals surface area contributed by atoms with Crippen LogP contribution in [0, 0.1) is 6.92 Å². The second-order valence-corrected chi connectivity index (χ2v) is 4.30. The predicted molar refractivity (Wildman–Crippen MR) is 76.1 cm³/mol. The van der Waals surface area contributed by atoms with Gasteiger partial charge in [-0.05, 0) is 19.1 Å². The Bertz CT molecular complexity index is 651. The molecule has 0 atom stereocenters. The van der Waals surface area contributed by atoms with Crippen LogP contribution in [0.5, 0.6) is 5.75 Å². The number of aromatic nitrogens is 1. The third-order valence-corrected chi connectivity index (χ3v) is 2.60. The lowest BCUT2D eigenvalue weighted by atomic mass is 10.2. The number of hydrogen-bond acceptors (Lipinski definition) is 5. The van der Waals surface area contributed by atoms with Gasteiger partial charge < -0.3 is 19.9 Å². The molecule has 0 saturated heterocycles. The van der Waals surface area contributed by atoms with Crippen molar-refractivity contribution in [3.8, 4) is 5.75 Å². The maximum atomic E-state index is 11.8. The maximum Gasteiger partial charge on any atom is 0.235 e. The molecule has 110 valence electrons. The topological polar surface area (TPSA) is 93.5 Å². The van der Waals surface area contributed by atoms with Crippen LogP contribution in [0.4, 0.5) is 11.5 Å². The minimum atomic E-state index is -0.476. The number of amides is 2. The van der Waals surface area contributed by atoms with Crippen molar-refractivity contribution in [1.29, 1.82) is 0 Å². The third kappa shape index (κ3) is 4.07. The van der Waals surface area contributed by atoms with E-state index in [9.17, 15) is 9.59 Å². The van der Waals surface area contributed by atoms with Crippen LogP contribution in [0.3, 0.4) is 0 Å². The fraction of sp³-hybridized carbons (Fsp3) is 0.214. The molecular formula is C14H15N3O4. The fourth-order valence-electron chi connectivity index (χ4n) is 1.70. The summed E-state index contributed by atoms with van der Waals surface area (Å²) in [5.41, 5.74) is 0.509. The lowest BCUT2D eigenvalue weighted by Crippen LogP contribution is -2.21. The lowest BCUT2D eigenvalue weighted by molar-refractivity contribution is -0.123. The van der Waals surface area contributed by atoms with Crippen molar-refractivity contribution in [1.82, 2.24) is 5.16 Å². The van der Waals surface area contributed by atoms with Crippen molar-refractivity contribution in [2.75, 3.05) is 17.7 Å². The van der Waals surface area contributed by atoms with Gasteiger partial charge in [-0.1, -0.05) is 17.3 Å². The molecule has 0 aliphatic heterocycles. The third-order valence-electron chi connectivity index (χ3n) is 2.60. The number of nitrogens with zero attached hydrogens (tertiary/aromatic N) is 1. The van der Waals surface area contributed by atoms with E-state index in [-0.39, 0.29) is 12.2 Å². The minimum Gasteiger partial charge on any atom is -0.495 e. The van der Waals surface area contributed by atoms with E-state index in [4.69, 9.17) is 9.26 Å². The van der Waals surface area contributed by atoms with E-state index in [0.717, 1.165) is 0 Å². The number of aryl methyl sites for hydroxylation is 1. The molecular weight excluding hydrogens is 274 g/mol. The number of hydrogen-bond donors (Lipinski definition) is 2. The predicted octanol–water partition coefficient (Wildman–Crippen LogP) is 1.96. The molecule has 0 saturated carbocycles. The molecule has 1 aromatic carbocycles. The van der Waals surface area contributed by atoms with Crippen LogP contribution < -0.4 is 15.4 Å². The molecule has 0 bridgehead atoms. The van der Waals surface area contributed by atoms with Crippen molar-refractivity contribution in [3.63, 3.8) is 0 Å². The standard InChI is InChI=1S/C14H15N3O4/c1-9-7-12(17-21-9)16-14(19)8-13(18)15-10-5-3-4-6-11(10)20-2/h3-7H,8H2,1-2H3,(H,15,18)(H,16,17,19). The highest BCUT2D eigenvalue weighted by atomic mass is 16.5. The van der Waals surface area contributed by atoms with Crippen molar-refractivity contribution in [2.45, 2.75) is 13.3 Å². The molecule has 2 rings (SSSR count). The number of methoxy groups -OCH3 is 1. The number of rotatable bonds is 5. The number of benzene rings is 1. The molecule has 2 N–H and O–H groups in total. The average Bonchev–Trinajstić information content (AvgIpc) is 2.84. The minimum absolute atomic E-state index is 0.280. The lowest BCUT2D eigenvalue weighted by Gasteiger charge is -2.09. The van der Waals surface area contributed by atoms with E-state index in [1.54, 1.807) is 37.3 Å². The number of carbonyl (C=O) groups is 2. The van der Waals surface area contributed by atoms with Gasteiger partial charge in [0.2, 0.25) is 11.8 Å². The van der Waals surface area contributed by atoms with Gasteiger partial charge >= 0.3 is 0 Å². The Balaban J connectivity index is 1.90. The van der Waals surface area contributed by atoms with Crippen molar-refractivity contribution < 1.29 is 18.8 Å². The normalized spacial score (nSPS) is 10.0. The van der Waals surface area contributed by atoms with E-state index in [0.29, 0.717) is 17.2 Å². The quantitative estimate of drug-likeness (QED) is 0.821. The molecule has 21 heavy (non-hydrogen) atoms. The summed E-state index contributed by atoms with van der Waals surface area (Å²) in [6, 6.07) is 8.52. The molecule has 2 amide bonds. The monoisotopic (exact) mass is 289 g/mol. The first-order chi connectivity index (χ1) is 10.1. The first-order valence-electron chi connectivity index (χ1n) is 6.24. The zero-order chi connectivity index (χ0) is 15.2. The second-order valence-electron chi connectivity index (χ2n) is 4.30. The first-order valence-corrected chi connectivity index (χ1v) is 6.24. The van der Waals surface area contributed by atoms with Crippen LogP contribution in [-0.2, 0) is 9.59 Å². The maximum absolute atomic E-state index is 11.8. The summed E-state index contributed by atoms with van der Waals surface area (Å²) in [4.78, 5) is 23.5. The zero-order valence-corrected chi connectivity index (χ0v) is 11.7. The van der Waals surface area contributed by atoms with Crippen LogP contribution in [-0.4, -0.2) is 24.1 Å². The molecule has 7 nitrogen and oxygen atoms in total. The molecule has 0 unspecified atom stereocenters. The van der Waals surface area contributed by atoms with Gasteiger partial charge in [-0.25, -0.2) is 0 Å². The van der Waals surface area contributed by atoms with Crippen LogP contribution >= 0.6 is 0 Å². The Kier molecular flexibility index (Phi) is 4.55. The van der Waals surface area contributed by atoms with Crippen LogP contribution in [0.15, 0.2) is 34.9 Å². The number of carbonyl (C=O) groups excluding carboxylic acids is 2. The Morgan fingerprint density at radius 3 is 2.62 bits per heavy atom. The first kappa shape index (κ1) is 14.6. The summed E-state index contributed by atoms with van der Waals surface area (Å²) >= 11 is 0. The molecule has 0 aliphatic carbocycles. The van der Waals surface area contributed by atoms with Gasteiger partial charge in [0.05, 0.1) is 12.8 Å². The second kappa shape index (κ2) is 6.56. The van der Waals surface area contributed by atoms with Gasteiger partial charge in [-0.15, -0.1) is 0 Å². The van der Waals surface area contributed by atoms with Crippen molar-refractivity contribution in [2.24, 2.45) is 0 Å². The summed E-state index contributed by atoms with van der Waals surface area (Å²) in [5.74, 6) is 0.456. The molecule has 0 radical (unpaired) electrons. The molecule has 0 aliphatic rings. The highest BCUT2D eigenvalue weighted by Gasteiger charge is 2.13. The highest BCUT2D eigenvalue weighted by molar-refractivity contribution is 6.08. The number of ether oxygens (including phenoxy) is 1. The van der Waals surface area contributed by atoms with E-state index in [2.05, 4.69) is 15.8 Å². The SMILES string of the molecule is COc1ccccc1NC(=O)CC(=O)Nc1cc(C)on1. The fourth-order valence-corrected chi connectivity index (χ4v) is 1.70. The van der Waals surface area contributed by atoms with Gasteiger partial charge in [-0.3, -0.25) is 9.59 Å². The van der Waals surface area contributed by atoms with E-state index in [1.165, 1.54) is 7.11 Å². The van der Waals surface area contributed by atoms with Gasteiger partial charge in [-0.2, -0.15) is 0 Å². The van der Waals surface area contributed by atoms with Crippen LogP contribution in [0.1, 0.15) is 12.2 Å².